The van der Waals surface area contributed by atoms with Gasteiger partial charge in [-0.15, -0.1) is 0 Å². The van der Waals surface area contributed by atoms with Gasteiger partial charge in [0.15, 0.2) is 11.5 Å². The van der Waals surface area contributed by atoms with Crippen LogP contribution in [0.15, 0.2) is 34.3 Å². The van der Waals surface area contributed by atoms with Gasteiger partial charge in [0.1, 0.15) is 17.4 Å². The number of nitrogens with zero attached hydrogens (tertiary/aromatic N) is 1. The molecule has 0 bridgehead atoms. The lowest BCUT2D eigenvalue weighted by Crippen LogP contribution is -2.14. The van der Waals surface area contributed by atoms with E-state index in [4.69, 9.17) is 25.8 Å². The number of carbonyl (C=O) groups is 1. The number of fused-ring (bicyclic) bond motifs is 1. The first-order valence-corrected chi connectivity index (χ1v) is 8.96. The molecular weight excluding hydrogens is 436 g/mol. The van der Waals surface area contributed by atoms with Gasteiger partial charge in [0.25, 0.3) is 5.91 Å². The van der Waals surface area contributed by atoms with Crippen molar-refractivity contribution in [1.29, 1.82) is 5.26 Å². The molecule has 0 unspecified atom stereocenters. The summed E-state index contributed by atoms with van der Waals surface area (Å²) >= 11 is 9.46. The SMILES string of the molecule is COc1cc(Cl)c(C)cc1NC(=O)/C(C#N)=C/c1cc(Br)c2c(c1)OCO2. The Labute approximate surface area is 169 Å². The molecule has 0 spiro atoms. The Bertz CT molecular complexity index is 998. The van der Waals surface area contributed by atoms with Gasteiger partial charge in [-0.2, -0.15) is 5.26 Å². The molecule has 2 aromatic carbocycles. The fourth-order valence-corrected chi connectivity index (χ4v) is 3.23. The molecule has 138 valence electrons. The van der Waals surface area contributed by atoms with Crippen molar-refractivity contribution in [2.45, 2.75) is 6.92 Å². The summed E-state index contributed by atoms with van der Waals surface area (Å²) in [5.74, 6) is 0.980. The molecule has 0 atom stereocenters. The topological polar surface area (TPSA) is 80.6 Å². The second-order valence-corrected chi connectivity index (χ2v) is 6.92. The van der Waals surface area contributed by atoms with Crippen LogP contribution in [0.5, 0.6) is 17.2 Å². The predicted octanol–water partition coefficient (Wildman–Crippen LogP) is 4.69. The van der Waals surface area contributed by atoms with E-state index in [0.717, 1.165) is 5.56 Å². The summed E-state index contributed by atoms with van der Waals surface area (Å²) in [5, 5.41) is 12.6. The Hall–Kier alpha value is -2.69. The van der Waals surface area contributed by atoms with Crippen LogP contribution in [-0.4, -0.2) is 19.8 Å². The number of ether oxygens (including phenoxy) is 3. The van der Waals surface area contributed by atoms with Crippen LogP contribution in [0.25, 0.3) is 6.08 Å². The van der Waals surface area contributed by atoms with Crippen LogP contribution < -0.4 is 19.5 Å². The van der Waals surface area contributed by atoms with Gasteiger partial charge < -0.3 is 19.5 Å². The average molecular weight is 450 g/mol. The average Bonchev–Trinajstić information content (AvgIpc) is 3.11. The maximum atomic E-state index is 12.6. The van der Waals surface area contributed by atoms with Crippen molar-refractivity contribution in [1.82, 2.24) is 0 Å². The van der Waals surface area contributed by atoms with E-state index in [1.165, 1.54) is 13.2 Å². The number of amides is 1. The first-order valence-electron chi connectivity index (χ1n) is 7.79. The molecule has 8 heteroatoms. The normalized spacial score (nSPS) is 12.5. The second-order valence-electron chi connectivity index (χ2n) is 5.66. The number of methoxy groups -OCH3 is 1. The molecule has 0 saturated carbocycles. The molecule has 0 aromatic heterocycles. The van der Waals surface area contributed by atoms with Crippen molar-refractivity contribution in [3.05, 3.63) is 50.5 Å². The van der Waals surface area contributed by atoms with Gasteiger partial charge in [-0.1, -0.05) is 11.6 Å². The Morgan fingerprint density at radius 2 is 2.15 bits per heavy atom. The molecule has 1 amide bonds. The van der Waals surface area contributed by atoms with Crippen LogP contribution in [0.1, 0.15) is 11.1 Å². The van der Waals surface area contributed by atoms with Crippen molar-refractivity contribution in [2.24, 2.45) is 0 Å². The summed E-state index contributed by atoms with van der Waals surface area (Å²) in [7, 11) is 1.47. The van der Waals surface area contributed by atoms with Crippen molar-refractivity contribution in [3.63, 3.8) is 0 Å². The number of benzene rings is 2. The maximum absolute atomic E-state index is 12.6. The van der Waals surface area contributed by atoms with E-state index in [1.54, 1.807) is 24.3 Å². The van der Waals surface area contributed by atoms with Crippen LogP contribution in [0.4, 0.5) is 5.69 Å². The maximum Gasteiger partial charge on any atom is 0.266 e. The largest absolute Gasteiger partial charge is 0.495 e. The lowest BCUT2D eigenvalue weighted by Gasteiger charge is -2.12. The number of aryl methyl sites for hydroxylation is 1. The Balaban J connectivity index is 1.90. The molecule has 0 fully saturated rings. The first-order chi connectivity index (χ1) is 12.9. The van der Waals surface area contributed by atoms with Gasteiger partial charge in [-0.25, -0.2) is 0 Å². The second kappa shape index (κ2) is 7.91. The zero-order chi connectivity index (χ0) is 19.6. The minimum absolute atomic E-state index is 0.0737. The van der Waals surface area contributed by atoms with E-state index in [1.807, 2.05) is 13.0 Å². The van der Waals surface area contributed by atoms with Crippen LogP contribution in [0.3, 0.4) is 0 Å². The van der Waals surface area contributed by atoms with Crippen LogP contribution >= 0.6 is 27.5 Å². The minimum Gasteiger partial charge on any atom is -0.495 e. The summed E-state index contributed by atoms with van der Waals surface area (Å²) in [6.45, 7) is 1.94. The summed E-state index contributed by atoms with van der Waals surface area (Å²) in [6, 6.07) is 8.65. The van der Waals surface area contributed by atoms with Crippen molar-refractivity contribution < 1.29 is 19.0 Å². The van der Waals surface area contributed by atoms with E-state index < -0.39 is 5.91 Å². The quantitative estimate of drug-likeness (QED) is 0.541. The number of halogens is 2. The minimum atomic E-state index is -0.564. The fraction of sp³-hybridized carbons (Fsp3) is 0.158. The number of nitriles is 1. The predicted molar refractivity (Wildman–Crippen MR) is 105 cm³/mol. The summed E-state index contributed by atoms with van der Waals surface area (Å²) < 4.78 is 16.6. The standard InChI is InChI=1S/C19H14BrClN2O4/c1-10-3-15(16(25-2)7-14(10)21)23-19(24)12(8-22)4-11-5-13(20)18-17(6-11)26-9-27-18/h3-7H,9H2,1-2H3,(H,23,24)/b12-4+. The van der Waals surface area contributed by atoms with Gasteiger partial charge in [0.2, 0.25) is 6.79 Å². The van der Waals surface area contributed by atoms with E-state index in [2.05, 4.69) is 21.2 Å². The van der Waals surface area contributed by atoms with Crippen LogP contribution in [0, 0.1) is 18.3 Å². The zero-order valence-corrected chi connectivity index (χ0v) is 16.8. The van der Waals surface area contributed by atoms with Gasteiger partial charge in [0, 0.05) is 11.1 Å². The first kappa shape index (κ1) is 19.1. The molecule has 1 N–H and O–H groups in total. The number of rotatable bonds is 4. The third-order valence-corrected chi connectivity index (χ3v) is 4.85. The zero-order valence-electron chi connectivity index (χ0n) is 14.4. The Morgan fingerprint density at radius 1 is 1.37 bits per heavy atom. The van der Waals surface area contributed by atoms with Gasteiger partial charge in [0.05, 0.1) is 17.3 Å². The molecule has 1 aliphatic heterocycles. The van der Waals surface area contributed by atoms with Crippen molar-refractivity contribution in [2.75, 3.05) is 19.2 Å². The molecule has 0 saturated heterocycles. The summed E-state index contributed by atoms with van der Waals surface area (Å²) in [6.07, 6.45) is 1.47. The van der Waals surface area contributed by atoms with E-state index in [-0.39, 0.29) is 12.4 Å². The number of hydrogen-bond acceptors (Lipinski definition) is 5. The van der Waals surface area contributed by atoms with Crippen LogP contribution in [-0.2, 0) is 4.79 Å². The molecule has 1 heterocycles. The number of carbonyl (C=O) groups excluding carboxylic acids is 1. The van der Waals surface area contributed by atoms with E-state index in [0.29, 0.717) is 38.0 Å². The molecule has 0 radical (unpaired) electrons. The Morgan fingerprint density at radius 3 is 2.85 bits per heavy atom. The molecule has 3 rings (SSSR count). The van der Waals surface area contributed by atoms with Gasteiger partial charge in [-0.3, -0.25) is 4.79 Å². The van der Waals surface area contributed by atoms with E-state index >= 15 is 0 Å². The van der Waals surface area contributed by atoms with Crippen molar-refractivity contribution in [3.8, 4) is 23.3 Å². The molecular formula is C19H14BrClN2O4. The fourth-order valence-electron chi connectivity index (χ4n) is 2.51. The summed E-state index contributed by atoms with van der Waals surface area (Å²) in [5.41, 5.74) is 1.75. The molecule has 1 aliphatic rings. The smallest absolute Gasteiger partial charge is 0.266 e. The molecule has 6 nitrogen and oxygen atoms in total. The highest BCUT2D eigenvalue weighted by Crippen LogP contribution is 2.40. The highest BCUT2D eigenvalue weighted by atomic mass is 79.9. The number of hydrogen-bond donors (Lipinski definition) is 1. The van der Waals surface area contributed by atoms with Gasteiger partial charge in [-0.05, 0) is 58.3 Å². The third kappa shape index (κ3) is 4.02. The highest BCUT2D eigenvalue weighted by Gasteiger charge is 2.19. The highest BCUT2D eigenvalue weighted by molar-refractivity contribution is 9.10. The number of anilines is 1. The Kier molecular flexibility index (Phi) is 5.59. The lowest BCUT2D eigenvalue weighted by molar-refractivity contribution is -0.112. The lowest BCUT2D eigenvalue weighted by atomic mass is 10.1. The monoisotopic (exact) mass is 448 g/mol. The third-order valence-electron chi connectivity index (χ3n) is 3.85. The summed E-state index contributed by atoms with van der Waals surface area (Å²) in [4.78, 5) is 12.6. The van der Waals surface area contributed by atoms with Crippen molar-refractivity contribution >= 4 is 45.2 Å². The molecule has 27 heavy (non-hydrogen) atoms. The van der Waals surface area contributed by atoms with Crippen LogP contribution in [0.2, 0.25) is 5.02 Å². The van der Waals surface area contributed by atoms with E-state index in [9.17, 15) is 10.1 Å². The molecule has 0 aliphatic carbocycles. The number of nitrogens with one attached hydrogen (secondary N) is 1. The molecule has 2 aromatic rings. The van der Waals surface area contributed by atoms with Gasteiger partial charge >= 0.3 is 0 Å².